The molecule has 0 atom stereocenters. The Bertz CT molecular complexity index is 770. The van der Waals surface area contributed by atoms with Crippen LogP contribution in [0, 0.1) is 6.92 Å². The van der Waals surface area contributed by atoms with E-state index in [0.717, 1.165) is 34.2 Å². The van der Waals surface area contributed by atoms with E-state index in [0.29, 0.717) is 5.69 Å². The average molecular weight is 265 g/mol. The van der Waals surface area contributed by atoms with Crippen molar-refractivity contribution in [1.29, 1.82) is 0 Å². The van der Waals surface area contributed by atoms with Crippen molar-refractivity contribution < 1.29 is 9.53 Å². The predicted molar refractivity (Wildman–Crippen MR) is 79.5 cm³/mol. The molecule has 0 unspecified atom stereocenters. The molecule has 3 nitrogen and oxygen atoms in total. The fourth-order valence-electron chi connectivity index (χ4n) is 2.49. The van der Waals surface area contributed by atoms with E-state index in [1.165, 1.54) is 0 Å². The van der Waals surface area contributed by atoms with Gasteiger partial charge in [-0.2, -0.15) is 0 Å². The molecule has 3 aromatic rings. The zero-order valence-electron chi connectivity index (χ0n) is 11.5. The zero-order valence-corrected chi connectivity index (χ0v) is 11.5. The number of aryl methyl sites for hydroxylation is 1. The first-order valence-electron chi connectivity index (χ1n) is 6.45. The molecule has 20 heavy (non-hydrogen) atoms. The van der Waals surface area contributed by atoms with Crippen LogP contribution in [0.1, 0.15) is 16.1 Å². The predicted octanol–water partition coefficient (Wildman–Crippen LogP) is 3.74. The number of aldehydes is 1. The van der Waals surface area contributed by atoms with Gasteiger partial charge in [0.2, 0.25) is 0 Å². The third-order valence-corrected chi connectivity index (χ3v) is 3.57. The Morgan fingerprint density at radius 2 is 1.90 bits per heavy atom. The number of fused-ring (bicyclic) bond motifs is 1. The van der Waals surface area contributed by atoms with Crippen LogP contribution in [0.3, 0.4) is 0 Å². The number of pyridine rings is 1. The highest BCUT2D eigenvalue weighted by atomic mass is 16.5. The number of methoxy groups -OCH3 is 1. The third-order valence-electron chi connectivity index (χ3n) is 3.57. The number of hydrogen-bond donors (Lipinski definition) is 0. The maximum absolute atomic E-state index is 11.5. The van der Waals surface area contributed by atoms with E-state index in [4.69, 9.17) is 4.74 Å². The van der Waals surface area contributed by atoms with Crippen molar-refractivity contribution in [2.24, 2.45) is 0 Å². The summed E-state index contributed by atoms with van der Waals surface area (Å²) < 4.78 is 7.10. The Morgan fingerprint density at radius 3 is 2.55 bits per heavy atom. The number of carbonyl (C=O) groups is 1. The second-order valence-electron chi connectivity index (χ2n) is 4.74. The number of hydrogen-bond acceptors (Lipinski definition) is 2. The molecule has 0 aliphatic carbocycles. The number of ether oxygens (including phenoxy) is 1. The van der Waals surface area contributed by atoms with Crippen LogP contribution in [-0.4, -0.2) is 17.8 Å². The second kappa shape index (κ2) is 4.85. The van der Waals surface area contributed by atoms with Crippen LogP contribution in [0.2, 0.25) is 0 Å². The molecule has 3 heteroatoms. The highest BCUT2D eigenvalue weighted by Crippen LogP contribution is 2.29. The van der Waals surface area contributed by atoms with Crippen LogP contribution in [0.4, 0.5) is 0 Å². The summed E-state index contributed by atoms with van der Waals surface area (Å²) in [5.41, 5.74) is 4.83. The maximum Gasteiger partial charge on any atom is 0.167 e. The lowest BCUT2D eigenvalue weighted by Gasteiger charge is -2.03. The van der Waals surface area contributed by atoms with E-state index in [1.807, 2.05) is 53.9 Å². The second-order valence-corrected chi connectivity index (χ2v) is 4.74. The van der Waals surface area contributed by atoms with Crippen molar-refractivity contribution in [3.8, 4) is 16.9 Å². The molecular weight excluding hydrogens is 250 g/mol. The topological polar surface area (TPSA) is 30.7 Å². The lowest BCUT2D eigenvalue weighted by atomic mass is 10.1. The van der Waals surface area contributed by atoms with Gasteiger partial charge in [-0.05, 0) is 42.3 Å². The van der Waals surface area contributed by atoms with Crippen LogP contribution in [0.25, 0.3) is 16.6 Å². The van der Waals surface area contributed by atoms with Crippen molar-refractivity contribution in [2.75, 3.05) is 7.11 Å². The van der Waals surface area contributed by atoms with Crippen LogP contribution in [0.5, 0.6) is 5.75 Å². The summed E-state index contributed by atoms with van der Waals surface area (Å²) in [6.07, 6.45) is 2.82. The van der Waals surface area contributed by atoms with Gasteiger partial charge >= 0.3 is 0 Å². The highest BCUT2D eigenvalue weighted by Gasteiger charge is 2.12. The standard InChI is InChI=1S/C17H15NO2/c1-12-4-3-9-18-16(12)10-15(17(18)11-19)13-5-7-14(20-2)8-6-13/h3-11H,1-2H3. The molecule has 1 aromatic carbocycles. The first-order valence-corrected chi connectivity index (χ1v) is 6.45. The Morgan fingerprint density at radius 1 is 1.15 bits per heavy atom. The van der Waals surface area contributed by atoms with Gasteiger partial charge in [-0.1, -0.05) is 18.2 Å². The number of carbonyl (C=O) groups excluding carboxylic acids is 1. The summed E-state index contributed by atoms with van der Waals surface area (Å²) in [5.74, 6) is 0.807. The molecule has 0 amide bonds. The molecule has 0 radical (unpaired) electrons. The van der Waals surface area contributed by atoms with Gasteiger partial charge in [0.15, 0.2) is 6.29 Å². The van der Waals surface area contributed by atoms with Gasteiger partial charge in [0.25, 0.3) is 0 Å². The molecule has 0 saturated carbocycles. The maximum atomic E-state index is 11.5. The molecule has 0 saturated heterocycles. The van der Waals surface area contributed by atoms with Gasteiger partial charge in [0.05, 0.1) is 12.8 Å². The monoisotopic (exact) mass is 265 g/mol. The SMILES string of the molecule is COc1ccc(-c2cc3c(C)cccn3c2C=O)cc1. The zero-order chi connectivity index (χ0) is 14.1. The molecule has 0 bridgehead atoms. The number of nitrogens with zero attached hydrogens (tertiary/aromatic N) is 1. The minimum Gasteiger partial charge on any atom is -0.497 e. The Hall–Kier alpha value is -2.55. The van der Waals surface area contributed by atoms with Crippen molar-refractivity contribution in [3.63, 3.8) is 0 Å². The van der Waals surface area contributed by atoms with Gasteiger partial charge in [-0.3, -0.25) is 4.79 Å². The van der Waals surface area contributed by atoms with Crippen molar-refractivity contribution >= 4 is 11.8 Å². The number of aromatic nitrogens is 1. The average Bonchev–Trinajstić information content (AvgIpc) is 2.87. The van der Waals surface area contributed by atoms with Crippen molar-refractivity contribution in [3.05, 3.63) is 59.9 Å². The number of rotatable bonds is 3. The quantitative estimate of drug-likeness (QED) is 0.675. The fraction of sp³-hybridized carbons (Fsp3) is 0.118. The van der Waals surface area contributed by atoms with Crippen LogP contribution in [0.15, 0.2) is 48.7 Å². The molecule has 2 heterocycles. The summed E-state index contributed by atoms with van der Waals surface area (Å²) in [6.45, 7) is 2.04. The van der Waals surface area contributed by atoms with Gasteiger partial charge in [-0.15, -0.1) is 0 Å². The lowest BCUT2D eigenvalue weighted by molar-refractivity contribution is 0.111. The molecule has 0 aliphatic heterocycles. The third kappa shape index (κ3) is 1.88. The summed E-state index contributed by atoms with van der Waals surface area (Å²) in [6, 6.07) is 13.8. The van der Waals surface area contributed by atoms with E-state index >= 15 is 0 Å². The van der Waals surface area contributed by atoms with E-state index in [-0.39, 0.29) is 0 Å². The Kier molecular flexibility index (Phi) is 3.03. The Labute approximate surface area is 117 Å². The van der Waals surface area contributed by atoms with Gasteiger partial charge in [0, 0.05) is 17.3 Å². The normalized spacial score (nSPS) is 10.7. The molecule has 0 fully saturated rings. The summed E-state index contributed by atoms with van der Waals surface area (Å²) in [7, 11) is 1.64. The Balaban J connectivity index is 2.24. The fourth-order valence-corrected chi connectivity index (χ4v) is 2.49. The van der Waals surface area contributed by atoms with E-state index in [9.17, 15) is 4.79 Å². The summed E-state index contributed by atoms with van der Waals surface area (Å²) in [5, 5.41) is 0. The molecule has 0 aliphatic rings. The van der Waals surface area contributed by atoms with Gasteiger partial charge in [0.1, 0.15) is 5.75 Å². The van der Waals surface area contributed by atoms with Gasteiger partial charge in [-0.25, -0.2) is 0 Å². The molecular formula is C17H15NO2. The molecule has 100 valence electrons. The summed E-state index contributed by atoms with van der Waals surface area (Å²) >= 11 is 0. The molecule has 0 spiro atoms. The van der Waals surface area contributed by atoms with Crippen molar-refractivity contribution in [1.82, 2.24) is 4.40 Å². The van der Waals surface area contributed by atoms with E-state index in [1.54, 1.807) is 7.11 Å². The minimum atomic E-state index is 0.675. The first kappa shape index (κ1) is 12.5. The number of benzene rings is 1. The van der Waals surface area contributed by atoms with E-state index in [2.05, 4.69) is 6.07 Å². The summed E-state index contributed by atoms with van der Waals surface area (Å²) in [4.78, 5) is 11.5. The molecule has 2 aromatic heterocycles. The highest BCUT2D eigenvalue weighted by molar-refractivity contribution is 5.90. The van der Waals surface area contributed by atoms with Crippen LogP contribution in [-0.2, 0) is 0 Å². The smallest absolute Gasteiger partial charge is 0.167 e. The lowest BCUT2D eigenvalue weighted by Crippen LogP contribution is -1.93. The largest absolute Gasteiger partial charge is 0.497 e. The molecule has 3 rings (SSSR count). The first-order chi connectivity index (χ1) is 9.74. The van der Waals surface area contributed by atoms with Crippen molar-refractivity contribution in [2.45, 2.75) is 6.92 Å². The van der Waals surface area contributed by atoms with Crippen LogP contribution < -0.4 is 4.74 Å². The van der Waals surface area contributed by atoms with Crippen LogP contribution >= 0.6 is 0 Å². The van der Waals surface area contributed by atoms with Gasteiger partial charge < -0.3 is 9.14 Å². The van der Waals surface area contributed by atoms with E-state index < -0.39 is 0 Å². The molecule has 0 N–H and O–H groups in total. The minimum absolute atomic E-state index is 0.675.